The lowest BCUT2D eigenvalue weighted by Crippen LogP contribution is -2.40. The molecule has 196 valence electrons. The Labute approximate surface area is 217 Å². The minimum absolute atomic E-state index is 0.0101. The Morgan fingerprint density at radius 1 is 0.919 bits per heavy atom. The number of nitrogens with one attached hydrogen (secondary N) is 2. The summed E-state index contributed by atoms with van der Waals surface area (Å²) in [5, 5.41) is 5.66. The smallest absolute Gasteiger partial charge is 0.303 e. The quantitative estimate of drug-likeness (QED) is 0.409. The molecule has 0 fully saturated rings. The van der Waals surface area contributed by atoms with Crippen LogP contribution >= 0.6 is 0 Å². The molecule has 10 heteroatoms. The average molecular weight is 527 g/mol. The Balaban J connectivity index is 1.81. The van der Waals surface area contributed by atoms with E-state index in [9.17, 15) is 22.4 Å². The van der Waals surface area contributed by atoms with Crippen molar-refractivity contribution in [3.63, 3.8) is 0 Å². The summed E-state index contributed by atoms with van der Waals surface area (Å²) in [4.78, 5) is 25.5. The fraction of sp³-hybridized carbons (Fsp3) is 0.259. The molecule has 0 saturated carbocycles. The van der Waals surface area contributed by atoms with Crippen LogP contribution in [0.1, 0.15) is 46.5 Å². The van der Waals surface area contributed by atoms with Crippen LogP contribution in [-0.4, -0.2) is 44.7 Å². The summed E-state index contributed by atoms with van der Waals surface area (Å²) in [6.07, 6.45) is 0.775. The summed E-state index contributed by atoms with van der Waals surface area (Å²) in [6.45, 7) is 3.73. The van der Waals surface area contributed by atoms with Crippen molar-refractivity contribution in [2.45, 2.75) is 32.9 Å². The molecule has 3 rings (SSSR count). The largest absolute Gasteiger partial charge is 0.350 e. The molecule has 0 unspecified atom stereocenters. The van der Waals surface area contributed by atoms with Crippen LogP contribution in [0, 0.1) is 5.82 Å². The topological polar surface area (TPSA) is 98.8 Å². The van der Waals surface area contributed by atoms with E-state index in [0.29, 0.717) is 22.4 Å². The van der Waals surface area contributed by atoms with E-state index in [4.69, 9.17) is 0 Å². The minimum Gasteiger partial charge on any atom is -0.350 e. The molecule has 3 aromatic carbocycles. The highest BCUT2D eigenvalue weighted by Gasteiger charge is 2.27. The second-order valence-electron chi connectivity index (χ2n) is 8.73. The van der Waals surface area contributed by atoms with Crippen molar-refractivity contribution in [2.24, 2.45) is 0 Å². The molecule has 0 bridgehead atoms. The number of halogens is 1. The highest BCUT2D eigenvalue weighted by Crippen LogP contribution is 2.25. The van der Waals surface area contributed by atoms with E-state index >= 15 is 0 Å². The van der Waals surface area contributed by atoms with E-state index in [2.05, 4.69) is 10.6 Å². The molecule has 0 heterocycles. The van der Waals surface area contributed by atoms with E-state index in [1.54, 1.807) is 54.6 Å². The van der Waals surface area contributed by atoms with Gasteiger partial charge in [-0.3, -0.25) is 13.9 Å². The van der Waals surface area contributed by atoms with Gasteiger partial charge in [-0.05, 0) is 55.3 Å². The number of hydrogen-bond donors (Lipinski definition) is 2. The summed E-state index contributed by atoms with van der Waals surface area (Å²) in [6, 6.07) is 18.7. The highest BCUT2D eigenvalue weighted by molar-refractivity contribution is 7.90. The molecule has 0 aliphatic rings. The van der Waals surface area contributed by atoms with Crippen molar-refractivity contribution in [1.29, 1.82) is 0 Å². The third-order valence-corrected chi connectivity index (χ3v) is 7.62. The SMILES string of the molecule is CC[C@@H](C)NC(=O)c1ccccc1NC(=O)c1ccc(CN(c2ccccc2F)S(=O)(=O)N(C)C)cc1. The number of para-hydroxylation sites is 2. The number of anilines is 2. The van der Waals surface area contributed by atoms with Crippen molar-refractivity contribution in [3.8, 4) is 0 Å². The Hall–Kier alpha value is -3.76. The van der Waals surface area contributed by atoms with Crippen LogP contribution in [0.5, 0.6) is 0 Å². The van der Waals surface area contributed by atoms with Gasteiger partial charge in [0.15, 0.2) is 0 Å². The Morgan fingerprint density at radius 2 is 1.54 bits per heavy atom. The van der Waals surface area contributed by atoms with Crippen molar-refractivity contribution in [3.05, 3.63) is 95.3 Å². The molecule has 0 aliphatic carbocycles. The number of carbonyl (C=O) groups is 2. The van der Waals surface area contributed by atoms with Crippen molar-refractivity contribution in [2.75, 3.05) is 23.7 Å². The van der Waals surface area contributed by atoms with Gasteiger partial charge in [0.25, 0.3) is 11.8 Å². The number of benzene rings is 3. The normalized spacial score (nSPS) is 12.2. The predicted octanol–water partition coefficient (Wildman–Crippen LogP) is 4.42. The number of carbonyl (C=O) groups excluding carboxylic acids is 2. The second-order valence-corrected chi connectivity index (χ2v) is 10.8. The minimum atomic E-state index is -3.99. The second kappa shape index (κ2) is 12.0. The van der Waals surface area contributed by atoms with Crippen molar-refractivity contribution in [1.82, 2.24) is 9.62 Å². The number of amides is 2. The zero-order valence-electron chi connectivity index (χ0n) is 21.2. The van der Waals surface area contributed by atoms with Gasteiger partial charge < -0.3 is 10.6 Å². The van der Waals surface area contributed by atoms with Gasteiger partial charge in [0.1, 0.15) is 5.82 Å². The van der Waals surface area contributed by atoms with Crippen LogP contribution in [0.25, 0.3) is 0 Å². The first-order chi connectivity index (χ1) is 17.5. The van der Waals surface area contributed by atoms with Crippen LogP contribution in [0.2, 0.25) is 0 Å². The Bertz CT molecular complexity index is 1360. The summed E-state index contributed by atoms with van der Waals surface area (Å²) in [7, 11) is -1.25. The third-order valence-electron chi connectivity index (χ3n) is 5.81. The van der Waals surface area contributed by atoms with E-state index < -0.39 is 21.9 Å². The van der Waals surface area contributed by atoms with Gasteiger partial charge in [0.2, 0.25) is 0 Å². The summed E-state index contributed by atoms with van der Waals surface area (Å²) in [5.41, 5.74) is 1.51. The number of hydrogen-bond acceptors (Lipinski definition) is 4. The van der Waals surface area contributed by atoms with Crippen molar-refractivity contribution < 1.29 is 22.4 Å². The maximum Gasteiger partial charge on any atom is 0.303 e. The maximum absolute atomic E-state index is 14.5. The molecule has 3 aromatic rings. The molecule has 0 aromatic heterocycles. The van der Waals surface area contributed by atoms with Crippen LogP contribution in [0.3, 0.4) is 0 Å². The predicted molar refractivity (Wildman–Crippen MR) is 143 cm³/mol. The summed E-state index contributed by atoms with van der Waals surface area (Å²) < 4.78 is 42.3. The van der Waals surface area contributed by atoms with E-state index in [0.717, 1.165) is 15.0 Å². The first-order valence-corrected chi connectivity index (χ1v) is 13.2. The lowest BCUT2D eigenvalue weighted by Gasteiger charge is -2.27. The van der Waals surface area contributed by atoms with Gasteiger partial charge >= 0.3 is 10.2 Å². The van der Waals surface area contributed by atoms with E-state index in [1.165, 1.54) is 32.3 Å². The first-order valence-electron chi connectivity index (χ1n) is 11.8. The zero-order chi connectivity index (χ0) is 27.2. The lowest BCUT2D eigenvalue weighted by atomic mass is 10.1. The van der Waals surface area contributed by atoms with Crippen LogP contribution < -0.4 is 14.9 Å². The summed E-state index contributed by atoms with van der Waals surface area (Å²) in [5.74, 6) is -1.38. The standard InChI is InChI=1S/C27H31FN4O4S/c1-5-19(2)29-27(34)22-10-6-8-12-24(22)30-26(33)21-16-14-20(15-17-21)18-32(37(35,36)31(3)4)25-13-9-7-11-23(25)28/h6-17,19H,5,18H2,1-4H3,(H,29,34)(H,30,33)/t19-/m1/s1. The average Bonchev–Trinajstić information content (AvgIpc) is 2.88. The van der Waals surface area contributed by atoms with Crippen LogP contribution in [0.4, 0.5) is 15.8 Å². The molecule has 0 saturated heterocycles. The van der Waals surface area contributed by atoms with Crippen LogP contribution in [0.15, 0.2) is 72.8 Å². The molecular weight excluding hydrogens is 495 g/mol. The Kier molecular flexibility index (Phi) is 9.01. The number of rotatable bonds is 10. The molecule has 8 nitrogen and oxygen atoms in total. The molecule has 1 atom stereocenters. The fourth-order valence-electron chi connectivity index (χ4n) is 3.46. The van der Waals surface area contributed by atoms with Gasteiger partial charge in [-0.1, -0.05) is 43.3 Å². The van der Waals surface area contributed by atoms with Gasteiger partial charge in [0.05, 0.1) is 23.5 Å². The fourth-order valence-corrected chi connectivity index (χ4v) is 4.56. The van der Waals surface area contributed by atoms with E-state index in [1.807, 2.05) is 13.8 Å². The van der Waals surface area contributed by atoms with Gasteiger partial charge in [-0.2, -0.15) is 12.7 Å². The molecule has 0 aliphatic heterocycles. The molecule has 0 radical (unpaired) electrons. The lowest BCUT2D eigenvalue weighted by molar-refractivity contribution is 0.0940. The van der Waals surface area contributed by atoms with Gasteiger partial charge in [0, 0.05) is 25.7 Å². The highest BCUT2D eigenvalue weighted by atomic mass is 32.2. The number of nitrogens with zero attached hydrogens (tertiary/aromatic N) is 2. The van der Waals surface area contributed by atoms with E-state index in [-0.39, 0.29) is 24.2 Å². The molecule has 2 N–H and O–H groups in total. The van der Waals surface area contributed by atoms with Gasteiger partial charge in [-0.15, -0.1) is 0 Å². The first kappa shape index (κ1) is 27.8. The maximum atomic E-state index is 14.5. The third kappa shape index (κ3) is 6.72. The van der Waals surface area contributed by atoms with Gasteiger partial charge in [-0.25, -0.2) is 4.39 Å². The van der Waals surface area contributed by atoms with Crippen molar-refractivity contribution >= 4 is 33.4 Å². The monoisotopic (exact) mass is 526 g/mol. The zero-order valence-corrected chi connectivity index (χ0v) is 22.0. The molecular formula is C27H31FN4O4S. The Morgan fingerprint density at radius 3 is 2.16 bits per heavy atom. The molecule has 2 amide bonds. The molecule has 0 spiro atoms. The molecule has 37 heavy (non-hydrogen) atoms. The summed E-state index contributed by atoms with van der Waals surface area (Å²) >= 11 is 0. The van der Waals surface area contributed by atoms with Crippen LogP contribution in [-0.2, 0) is 16.8 Å².